The summed E-state index contributed by atoms with van der Waals surface area (Å²) < 4.78 is 21.0. The maximum absolute atomic E-state index is 13.2. The molecule has 0 spiro atoms. The van der Waals surface area contributed by atoms with Gasteiger partial charge in [-0.25, -0.2) is 4.39 Å². The quantitative estimate of drug-likeness (QED) is 0.923. The van der Waals surface area contributed by atoms with Gasteiger partial charge in [-0.2, -0.15) is 8.75 Å². The van der Waals surface area contributed by atoms with E-state index in [0.29, 0.717) is 18.5 Å². The Kier molecular flexibility index (Phi) is 4.81. The summed E-state index contributed by atoms with van der Waals surface area (Å²) in [4.78, 5) is 11.6. The molecule has 0 aliphatic rings. The zero-order valence-electron chi connectivity index (χ0n) is 9.90. The molecule has 0 atom stereocenters. The van der Waals surface area contributed by atoms with Crippen molar-refractivity contribution in [3.05, 3.63) is 46.5 Å². The van der Waals surface area contributed by atoms with Crippen LogP contribution < -0.4 is 5.32 Å². The molecule has 0 unspecified atom stereocenters. The van der Waals surface area contributed by atoms with Crippen LogP contribution in [0.25, 0.3) is 0 Å². The highest BCUT2D eigenvalue weighted by Crippen LogP contribution is 2.20. The minimum atomic E-state index is -0.465. The van der Waals surface area contributed by atoms with E-state index in [2.05, 4.69) is 14.1 Å². The molecular weight excluding hydrogens is 289 g/mol. The van der Waals surface area contributed by atoms with Gasteiger partial charge in [-0.1, -0.05) is 23.7 Å². The molecule has 1 N–H and O–H groups in total. The molecule has 2 aromatic rings. The molecule has 7 heteroatoms. The van der Waals surface area contributed by atoms with Crippen LogP contribution in [0.3, 0.4) is 0 Å². The van der Waals surface area contributed by atoms with Crippen LogP contribution in [0.1, 0.15) is 17.7 Å². The smallest absolute Gasteiger partial charge is 0.220 e. The molecule has 0 saturated carbocycles. The van der Waals surface area contributed by atoms with Crippen molar-refractivity contribution in [2.75, 3.05) is 0 Å². The van der Waals surface area contributed by atoms with Crippen molar-refractivity contribution < 1.29 is 9.18 Å². The van der Waals surface area contributed by atoms with Crippen molar-refractivity contribution in [2.45, 2.75) is 19.4 Å². The van der Waals surface area contributed by atoms with Gasteiger partial charge in [0.1, 0.15) is 5.82 Å². The second-order valence-electron chi connectivity index (χ2n) is 3.89. The highest BCUT2D eigenvalue weighted by molar-refractivity contribution is 6.99. The first kappa shape index (κ1) is 13.9. The average Bonchev–Trinajstić information content (AvgIpc) is 2.91. The molecule has 0 aliphatic heterocycles. The van der Waals surface area contributed by atoms with Gasteiger partial charge in [0.2, 0.25) is 5.91 Å². The van der Waals surface area contributed by atoms with Crippen molar-refractivity contribution in [2.24, 2.45) is 0 Å². The van der Waals surface area contributed by atoms with Crippen LogP contribution in [0.5, 0.6) is 0 Å². The van der Waals surface area contributed by atoms with Crippen LogP contribution in [-0.4, -0.2) is 14.7 Å². The fraction of sp³-hybridized carbons (Fsp3) is 0.250. The Labute approximate surface area is 118 Å². The topological polar surface area (TPSA) is 54.9 Å². The van der Waals surface area contributed by atoms with E-state index < -0.39 is 5.82 Å². The third-order valence-electron chi connectivity index (χ3n) is 2.53. The van der Waals surface area contributed by atoms with Crippen LogP contribution in [-0.2, 0) is 17.8 Å². The first-order valence-corrected chi connectivity index (χ1v) is 6.73. The van der Waals surface area contributed by atoms with Gasteiger partial charge < -0.3 is 5.32 Å². The molecule has 0 fully saturated rings. The van der Waals surface area contributed by atoms with E-state index in [1.807, 2.05) is 0 Å². The number of hydrogen-bond donors (Lipinski definition) is 1. The molecule has 0 saturated heterocycles. The summed E-state index contributed by atoms with van der Waals surface area (Å²) in [5.41, 5.74) is 1.36. The van der Waals surface area contributed by atoms with Gasteiger partial charge in [-0.05, 0) is 18.1 Å². The zero-order valence-corrected chi connectivity index (χ0v) is 11.5. The van der Waals surface area contributed by atoms with Crippen LogP contribution in [0.15, 0.2) is 24.4 Å². The minimum absolute atomic E-state index is 0.0824. The molecule has 19 heavy (non-hydrogen) atoms. The average molecular weight is 300 g/mol. The number of benzene rings is 1. The van der Waals surface area contributed by atoms with Gasteiger partial charge in [-0.15, -0.1) is 0 Å². The molecule has 2 rings (SSSR count). The number of amides is 1. The van der Waals surface area contributed by atoms with E-state index in [4.69, 9.17) is 11.6 Å². The number of nitrogens with one attached hydrogen (secondary N) is 1. The van der Waals surface area contributed by atoms with E-state index in [1.165, 1.54) is 6.07 Å². The fourth-order valence-corrected chi connectivity index (χ4v) is 2.18. The Morgan fingerprint density at radius 2 is 2.32 bits per heavy atom. The summed E-state index contributed by atoms with van der Waals surface area (Å²) in [5.74, 6) is -0.596. The van der Waals surface area contributed by atoms with Crippen LogP contribution in [0.2, 0.25) is 5.02 Å². The predicted molar refractivity (Wildman–Crippen MR) is 71.5 cm³/mol. The van der Waals surface area contributed by atoms with Gasteiger partial charge in [0.05, 0.1) is 35.2 Å². The Bertz CT molecular complexity index is 562. The van der Waals surface area contributed by atoms with Gasteiger partial charge in [0.15, 0.2) is 0 Å². The van der Waals surface area contributed by atoms with E-state index >= 15 is 0 Å². The Balaban J connectivity index is 1.81. The highest BCUT2D eigenvalue weighted by atomic mass is 35.5. The van der Waals surface area contributed by atoms with E-state index in [-0.39, 0.29) is 17.4 Å². The number of nitrogens with zero attached hydrogens (tertiary/aromatic N) is 2. The highest BCUT2D eigenvalue weighted by Gasteiger charge is 2.08. The maximum Gasteiger partial charge on any atom is 0.220 e. The molecular formula is C12H11ClFN3OS. The lowest BCUT2D eigenvalue weighted by atomic mass is 10.1. The SMILES string of the molecule is O=C(CCc1cccc(F)c1Cl)NCc1cnsn1. The zero-order chi connectivity index (χ0) is 13.7. The lowest BCUT2D eigenvalue weighted by Gasteiger charge is -2.05. The van der Waals surface area contributed by atoms with Crippen LogP contribution in [0, 0.1) is 5.82 Å². The van der Waals surface area contributed by atoms with E-state index in [9.17, 15) is 9.18 Å². The standard InChI is InChI=1S/C12H11ClFN3OS/c13-12-8(2-1-3-10(12)14)4-5-11(18)15-6-9-7-16-19-17-9/h1-3,7H,4-6H2,(H,15,18). The van der Waals surface area contributed by atoms with Crippen molar-refractivity contribution in [1.29, 1.82) is 0 Å². The van der Waals surface area contributed by atoms with Crippen molar-refractivity contribution in [1.82, 2.24) is 14.1 Å². The second kappa shape index (κ2) is 6.58. The number of halogens is 2. The molecule has 0 radical (unpaired) electrons. The second-order valence-corrected chi connectivity index (χ2v) is 4.82. The number of carbonyl (C=O) groups excluding carboxylic acids is 1. The lowest BCUT2D eigenvalue weighted by Crippen LogP contribution is -2.23. The molecule has 0 aliphatic carbocycles. The van der Waals surface area contributed by atoms with E-state index in [1.54, 1.807) is 18.3 Å². The summed E-state index contributed by atoms with van der Waals surface area (Å²) in [5, 5.41) is 2.80. The number of carbonyl (C=O) groups is 1. The summed E-state index contributed by atoms with van der Waals surface area (Å²) in [7, 11) is 0. The molecule has 100 valence electrons. The molecule has 4 nitrogen and oxygen atoms in total. The normalized spacial score (nSPS) is 10.4. The monoisotopic (exact) mass is 299 g/mol. The Morgan fingerprint density at radius 1 is 1.47 bits per heavy atom. The molecule has 1 aromatic carbocycles. The summed E-state index contributed by atoms with van der Waals surface area (Å²) in [6.07, 6.45) is 2.26. The van der Waals surface area contributed by atoms with Gasteiger partial charge in [-0.3, -0.25) is 4.79 Å². The Hall–Kier alpha value is -1.53. The van der Waals surface area contributed by atoms with Gasteiger partial charge >= 0.3 is 0 Å². The lowest BCUT2D eigenvalue weighted by molar-refractivity contribution is -0.121. The number of aromatic nitrogens is 2. The molecule has 1 amide bonds. The molecule has 0 bridgehead atoms. The number of aryl methyl sites for hydroxylation is 1. The third kappa shape index (κ3) is 3.97. The summed E-state index contributed by atoms with van der Waals surface area (Å²) >= 11 is 6.91. The van der Waals surface area contributed by atoms with Crippen LogP contribution >= 0.6 is 23.3 Å². The summed E-state index contributed by atoms with van der Waals surface area (Å²) in [6, 6.07) is 4.58. The maximum atomic E-state index is 13.2. The molecule has 1 aromatic heterocycles. The predicted octanol–water partition coefficient (Wildman–Crippen LogP) is 2.58. The van der Waals surface area contributed by atoms with E-state index in [0.717, 1.165) is 17.4 Å². The van der Waals surface area contributed by atoms with Crippen molar-refractivity contribution >= 4 is 29.2 Å². The van der Waals surface area contributed by atoms with Crippen LogP contribution in [0.4, 0.5) is 4.39 Å². The summed E-state index contributed by atoms with van der Waals surface area (Å²) in [6.45, 7) is 0.353. The van der Waals surface area contributed by atoms with Crippen molar-refractivity contribution in [3.8, 4) is 0 Å². The number of rotatable bonds is 5. The Morgan fingerprint density at radius 3 is 3.05 bits per heavy atom. The molecule has 1 heterocycles. The largest absolute Gasteiger partial charge is 0.350 e. The third-order valence-corrected chi connectivity index (χ3v) is 3.47. The van der Waals surface area contributed by atoms with Gasteiger partial charge in [0, 0.05) is 6.42 Å². The number of hydrogen-bond acceptors (Lipinski definition) is 4. The van der Waals surface area contributed by atoms with Crippen molar-refractivity contribution in [3.63, 3.8) is 0 Å². The fourth-order valence-electron chi connectivity index (χ4n) is 1.53. The minimum Gasteiger partial charge on any atom is -0.350 e. The first-order valence-electron chi connectivity index (χ1n) is 5.63. The van der Waals surface area contributed by atoms with Gasteiger partial charge in [0.25, 0.3) is 0 Å². The first-order chi connectivity index (χ1) is 9.16.